The summed E-state index contributed by atoms with van der Waals surface area (Å²) in [4.78, 5) is 16.6. The minimum Gasteiger partial charge on any atom is -0.480 e. The minimum atomic E-state index is -0.372. The molecule has 0 aliphatic carbocycles. The number of nitrogens with zero attached hydrogens (tertiary/aromatic N) is 1. The van der Waals surface area contributed by atoms with Gasteiger partial charge in [0.1, 0.15) is 11.8 Å². The topological polar surface area (TPSA) is 34.0 Å². The Morgan fingerprint density at radius 2 is 1.40 bits per heavy atom. The number of benzene rings is 3. The molecular weight excluding hydrogens is 372 g/mol. The van der Waals surface area contributed by atoms with E-state index in [-0.39, 0.29) is 18.1 Å². The van der Waals surface area contributed by atoms with E-state index in [0.717, 1.165) is 37.5 Å². The zero-order valence-electron chi connectivity index (χ0n) is 17.0. The number of hydrogen-bond acceptors (Lipinski definition) is 2. The molecule has 0 unspecified atom stereocenters. The number of para-hydroxylation sites is 1. The second kappa shape index (κ2) is 8.33. The molecule has 0 bridgehead atoms. The van der Waals surface area contributed by atoms with Crippen molar-refractivity contribution in [3.05, 3.63) is 102 Å². The van der Waals surface area contributed by atoms with E-state index in [1.165, 1.54) is 16.0 Å². The molecule has 4 heteroatoms. The second-order valence-electron chi connectivity index (χ2n) is 8.16. The molecule has 1 atom stereocenters. The SMILES string of the molecule is O=C([C@@H]1Cc2ccccc2O1)N1CC[NH+](C(c2ccccc2)c2ccccc2)CC1. The lowest BCUT2D eigenvalue weighted by atomic mass is 9.96. The molecule has 1 fully saturated rings. The number of ether oxygens (including phenoxy) is 1. The van der Waals surface area contributed by atoms with Crippen LogP contribution in [-0.2, 0) is 11.2 Å². The van der Waals surface area contributed by atoms with Gasteiger partial charge >= 0.3 is 0 Å². The Bertz CT molecular complexity index is 933. The van der Waals surface area contributed by atoms with Gasteiger partial charge in [-0.15, -0.1) is 0 Å². The highest BCUT2D eigenvalue weighted by Gasteiger charge is 2.36. The molecule has 30 heavy (non-hydrogen) atoms. The van der Waals surface area contributed by atoms with Crippen molar-refractivity contribution in [1.82, 2.24) is 4.90 Å². The zero-order valence-corrected chi connectivity index (χ0v) is 17.0. The molecule has 3 aromatic carbocycles. The van der Waals surface area contributed by atoms with Crippen LogP contribution in [0.1, 0.15) is 22.7 Å². The highest BCUT2D eigenvalue weighted by Crippen LogP contribution is 2.29. The van der Waals surface area contributed by atoms with E-state index < -0.39 is 0 Å². The first-order chi connectivity index (χ1) is 14.8. The van der Waals surface area contributed by atoms with Crippen molar-refractivity contribution in [3.8, 4) is 5.75 Å². The van der Waals surface area contributed by atoms with E-state index in [4.69, 9.17) is 4.74 Å². The Hall–Kier alpha value is -3.11. The lowest BCUT2D eigenvalue weighted by Crippen LogP contribution is -3.15. The molecule has 152 valence electrons. The third-order valence-corrected chi connectivity index (χ3v) is 6.31. The first-order valence-corrected chi connectivity index (χ1v) is 10.8. The number of rotatable bonds is 4. The molecule has 1 amide bonds. The van der Waals surface area contributed by atoms with Gasteiger partial charge in [-0.1, -0.05) is 78.9 Å². The monoisotopic (exact) mass is 399 g/mol. The van der Waals surface area contributed by atoms with Gasteiger partial charge in [0.2, 0.25) is 0 Å². The fourth-order valence-corrected chi connectivity index (χ4v) is 4.78. The third kappa shape index (κ3) is 3.71. The van der Waals surface area contributed by atoms with Crippen LogP contribution in [-0.4, -0.2) is 43.1 Å². The number of fused-ring (bicyclic) bond motifs is 1. The Balaban J connectivity index is 1.28. The van der Waals surface area contributed by atoms with Gasteiger partial charge in [-0.2, -0.15) is 0 Å². The lowest BCUT2D eigenvalue weighted by Gasteiger charge is -2.37. The summed E-state index contributed by atoms with van der Waals surface area (Å²) in [7, 11) is 0. The number of carbonyl (C=O) groups is 1. The summed E-state index contributed by atoms with van der Waals surface area (Å²) in [5.41, 5.74) is 3.79. The molecule has 0 saturated carbocycles. The maximum absolute atomic E-state index is 13.1. The zero-order chi connectivity index (χ0) is 20.3. The number of nitrogens with one attached hydrogen (secondary N) is 1. The Morgan fingerprint density at radius 1 is 0.833 bits per heavy atom. The normalized spacial score (nSPS) is 18.8. The number of piperazine rings is 1. The summed E-state index contributed by atoms with van der Waals surface area (Å²) in [6.45, 7) is 3.39. The van der Waals surface area contributed by atoms with Crippen LogP contribution in [0.2, 0.25) is 0 Å². The average Bonchev–Trinajstić information content (AvgIpc) is 3.25. The predicted octanol–water partition coefficient (Wildman–Crippen LogP) is 2.51. The van der Waals surface area contributed by atoms with Gasteiger partial charge in [0.15, 0.2) is 6.10 Å². The Kier molecular flexibility index (Phi) is 5.24. The van der Waals surface area contributed by atoms with Gasteiger partial charge in [0.05, 0.1) is 26.2 Å². The molecule has 1 N–H and O–H groups in total. The van der Waals surface area contributed by atoms with Crippen LogP contribution in [0.5, 0.6) is 5.75 Å². The largest absolute Gasteiger partial charge is 0.480 e. The van der Waals surface area contributed by atoms with E-state index in [1.807, 2.05) is 23.1 Å². The van der Waals surface area contributed by atoms with Crippen LogP contribution in [0.4, 0.5) is 0 Å². The standard InChI is InChI=1S/C26H26N2O2/c29-26(24-19-22-13-7-8-14-23(22)30-24)28-17-15-27(16-18-28)25(20-9-3-1-4-10-20)21-11-5-2-6-12-21/h1-14,24-25H,15-19H2/p+1/t24-/m0/s1. The summed E-state index contributed by atoms with van der Waals surface area (Å²) >= 11 is 0. The van der Waals surface area contributed by atoms with E-state index in [0.29, 0.717) is 6.42 Å². The fraction of sp³-hybridized carbons (Fsp3) is 0.269. The van der Waals surface area contributed by atoms with Crippen LogP contribution in [0, 0.1) is 0 Å². The number of amides is 1. The van der Waals surface area contributed by atoms with Gasteiger partial charge in [-0.3, -0.25) is 4.79 Å². The summed E-state index contributed by atoms with van der Waals surface area (Å²) in [5.74, 6) is 0.981. The Morgan fingerprint density at radius 3 is 2.00 bits per heavy atom. The van der Waals surface area contributed by atoms with E-state index in [9.17, 15) is 4.79 Å². The van der Waals surface area contributed by atoms with Crippen molar-refractivity contribution in [3.63, 3.8) is 0 Å². The van der Waals surface area contributed by atoms with E-state index >= 15 is 0 Å². The summed E-state index contributed by atoms with van der Waals surface area (Å²) in [6.07, 6.45) is 0.307. The molecule has 2 aliphatic rings. The van der Waals surface area contributed by atoms with Gasteiger partial charge in [0.25, 0.3) is 5.91 Å². The quantitative estimate of drug-likeness (QED) is 0.732. The molecule has 0 radical (unpaired) electrons. The summed E-state index contributed by atoms with van der Waals surface area (Å²) in [5, 5.41) is 0. The molecule has 2 aliphatic heterocycles. The van der Waals surface area contributed by atoms with Crippen LogP contribution >= 0.6 is 0 Å². The maximum atomic E-state index is 13.1. The highest BCUT2D eigenvalue weighted by molar-refractivity contribution is 5.82. The lowest BCUT2D eigenvalue weighted by molar-refractivity contribution is -0.929. The molecular formula is C26H27N2O2+. The first-order valence-electron chi connectivity index (χ1n) is 10.8. The highest BCUT2D eigenvalue weighted by atomic mass is 16.5. The molecule has 2 heterocycles. The smallest absolute Gasteiger partial charge is 0.264 e. The van der Waals surface area contributed by atoms with Crippen molar-refractivity contribution < 1.29 is 14.4 Å². The van der Waals surface area contributed by atoms with E-state index in [1.54, 1.807) is 0 Å². The first kappa shape index (κ1) is 18.9. The second-order valence-corrected chi connectivity index (χ2v) is 8.16. The molecule has 5 rings (SSSR count). The average molecular weight is 400 g/mol. The number of hydrogen-bond donors (Lipinski definition) is 1. The third-order valence-electron chi connectivity index (χ3n) is 6.31. The Labute approximate surface area is 177 Å². The fourth-order valence-electron chi connectivity index (χ4n) is 4.78. The van der Waals surface area contributed by atoms with Crippen molar-refractivity contribution in [1.29, 1.82) is 0 Å². The summed E-state index contributed by atoms with van der Waals surface area (Å²) in [6, 6.07) is 29.7. The van der Waals surface area contributed by atoms with Gasteiger partial charge in [-0.25, -0.2) is 0 Å². The van der Waals surface area contributed by atoms with Gasteiger partial charge in [-0.05, 0) is 11.6 Å². The minimum absolute atomic E-state index is 0.126. The number of quaternary nitrogens is 1. The van der Waals surface area contributed by atoms with Gasteiger partial charge in [0, 0.05) is 17.5 Å². The molecule has 0 aromatic heterocycles. The van der Waals surface area contributed by atoms with Crippen LogP contribution in [0.15, 0.2) is 84.9 Å². The number of carbonyl (C=O) groups excluding carboxylic acids is 1. The maximum Gasteiger partial charge on any atom is 0.264 e. The van der Waals surface area contributed by atoms with Gasteiger partial charge < -0.3 is 14.5 Å². The van der Waals surface area contributed by atoms with Crippen LogP contribution in [0.3, 0.4) is 0 Å². The van der Waals surface area contributed by atoms with Crippen molar-refractivity contribution in [2.45, 2.75) is 18.6 Å². The van der Waals surface area contributed by atoms with Crippen LogP contribution in [0.25, 0.3) is 0 Å². The van der Waals surface area contributed by atoms with Crippen molar-refractivity contribution in [2.24, 2.45) is 0 Å². The van der Waals surface area contributed by atoms with E-state index in [2.05, 4.69) is 66.7 Å². The molecule has 3 aromatic rings. The summed E-state index contributed by atoms with van der Waals surface area (Å²) < 4.78 is 5.94. The predicted molar refractivity (Wildman–Crippen MR) is 117 cm³/mol. The molecule has 4 nitrogen and oxygen atoms in total. The van der Waals surface area contributed by atoms with Crippen molar-refractivity contribution >= 4 is 5.91 Å². The van der Waals surface area contributed by atoms with Crippen molar-refractivity contribution in [2.75, 3.05) is 26.2 Å². The molecule has 1 saturated heterocycles. The molecule has 0 spiro atoms. The van der Waals surface area contributed by atoms with Crippen LogP contribution < -0.4 is 9.64 Å².